The molecule has 4 aliphatic rings. The molecule has 2 aromatic rings. The molecule has 1 spiro atoms. The summed E-state index contributed by atoms with van der Waals surface area (Å²) >= 11 is 6.22. The van der Waals surface area contributed by atoms with Gasteiger partial charge in [-0.2, -0.15) is 5.26 Å². The molecule has 2 aliphatic heterocycles. The van der Waals surface area contributed by atoms with Gasteiger partial charge < -0.3 is 25.0 Å². The maximum atomic E-state index is 13.2. The molecule has 2 N–H and O–H groups in total. The number of likely N-dealkylation sites (tertiary alicyclic amines) is 1. The van der Waals surface area contributed by atoms with Crippen molar-refractivity contribution in [3.8, 4) is 11.8 Å². The highest BCUT2D eigenvalue weighted by molar-refractivity contribution is 6.31. The van der Waals surface area contributed by atoms with Crippen LogP contribution in [0.25, 0.3) is 0 Å². The van der Waals surface area contributed by atoms with E-state index in [1.54, 1.807) is 24.3 Å². The normalized spacial score (nSPS) is 26.3. The predicted molar refractivity (Wildman–Crippen MR) is 170 cm³/mol. The first-order chi connectivity index (χ1) is 20.9. The summed E-state index contributed by atoms with van der Waals surface area (Å²) in [6.45, 7) is 13.7. The number of rotatable bonds is 7. The van der Waals surface area contributed by atoms with Crippen LogP contribution in [0.3, 0.4) is 0 Å². The Kier molecular flexibility index (Phi) is 8.32. The van der Waals surface area contributed by atoms with Crippen molar-refractivity contribution in [1.29, 1.82) is 5.26 Å². The first-order valence-electron chi connectivity index (χ1n) is 16.1. The third kappa shape index (κ3) is 5.89. The van der Waals surface area contributed by atoms with Crippen LogP contribution in [-0.2, 0) is 0 Å². The summed E-state index contributed by atoms with van der Waals surface area (Å²) in [5.74, 6) is 1.80. The van der Waals surface area contributed by atoms with Gasteiger partial charge in [-0.3, -0.25) is 4.79 Å². The Morgan fingerprint density at radius 1 is 1.07 bits per heavy atom. The summed E-state index contributed by atoms with van der Waals surface area (Å²) in [6, 6.07) is 10.7. The molecule has 0 bridgehead atoms. The number of nitriles is 1. The highest BCUT2D eigenvalue weighted by Gasteiger charge is 2.64. The van der Waals surface area contributed by atoms with E-state index in [9.17, 15) is 9.90 Å². The first-order valence-corrected chi connectivity index (χ1v) is 16.4. The fourth-order valence-electron chi connectivity index (χ4n) is 8.58. The van der Waals surface area contributed by atoms with Crippen molar-refractivity contribution in [3.05, 3.63) is 46.6 Å². The Hall–Kier alpha value is -2.93. The van der Waals surface area contributed by atoms with Crippen molar-refractivity contribution in [3.63, 3.8) is 0 Å². The summed E-state index contributed by atoms with van der Waals surface area (Å²) in [5, 5.41) is 31.3. The van der Waals surface area contributed by atoms with E-state index in [4.69, 9.17) is 21.6 Å². The number of benzene rings is 1. The molecule has 0 radical (unpaired) electrons. The van der Waals surface area contributed by atoms with Gasteiger partial charge in [-0.25, -0.2) is 0 Å². The van der Waals surface area contributed by atoms with Crippen LogP contribution >= 0.6 is 11.6 Å². The summed E-state index contributed by atoms with van der Waals surface area (Å²) < 4.78 is 6.34. The standard InChI is InChI=1S/C34H45ClN6O3/c1-32(2)30(33(3,4)31(32)44-25-6-5-23(18-36)26(35)17-25)37-29(43)27-7-8-28(39-38-27)41-20-22(21-41)19-40-15-13-34(14-16-40)11-9-24(42)10-12-34/h5-8,17,22,24,30-31,42H,9-16,19-21H2,1-4H3,(H,37,43). The number of anilines is 1. The Morgan fingerprint density at radius 2 is 1.75 bits per heavy atom. The van der Waals surface area contributed by atoms with Crippen LogP contribution in [0.15, 0.2) is 30.3 Å². The van der Waals surface area contributed by atoms with Crippen molar-refractivity contribution in [2.75, 3.05) is 37.6 Å². The molecule has 2 aliphatic carbocycles. The van der Waals surface area contributed by atoms with Crippen molar-refractivity contribution in [2.24, 2.45) is 22.2 Å². The SMILES string of the molecule is CC1(C)C(NC(=O)c2ccc(N3CC(CN4CCC5(CCC(O)CC5)CC4)C3)nn2)C(C)(C)C1Oc1ccc(C#N)c(Cl)c1. The van der Waals surface area contributed by atoms with Crippen molar-refractivity contribution < 1.29 is 14.6 Å². The minimum atomic E-state index is -0.354. The van der Waals surface area contributed by atoms with Crippen LogP contribution in [0.5, 0.6) is 5.75 Å². The van der Waals surface area contributed by atoms with Gasteiger partial charge in [0, 0.05) is 48.5 Å². The average Bonchev–Trinajstić information content (AvgIpc) is 2.98. The number of aliphatic hydroxyl groups is 1. The molecule has 6 rings (SSSR count). The number of carbonyl (C=O) groups excluding carboxylic acids is 1. The monoisotopic (exact) mass is 620 g/mol. The van der Waals surface area contributed by atoms with E-state index in [2.05, 4.69) is 59.1 Å². The van der Waals surface area contributed by atoms with Crippen LogP contribution in [0, 0.1) is 33.5 Å². The topological polar surface area (TPSA) is 115 Å². The predicted octanol–water partition coefficient (Wildman–Crippen LogP) is 5.07. The van der Waals surface area contributed by atoms with Gasteiger partial charge in [0.05, 0.1) is 16.7 Å². The summed E-state index contributed by atoms with van der Waals surface area (Å²) in [7, 11) is 0. The fraction of sp³-hybridized carbons (Fsp3) is 0.647. The number of hydrogen-bond acceptors (Lipinski definition) is 8. The lowest BCUT2D eigenvalue weighted by molar-refractivity contribution is -0.164. The van der Waals surface area contributed by atoms with Gasteiger partial charge in [-0.1, -0.05) is 39.3 Å². The maximum Gasteiger partial charge on any atom is 0.272 e. The number of nitrogens with zero attached hydrogens (tertiary/aromatic N) is 5. The van der Waals surface area contributed by atoms with Crippen LogP contribution < -0.4 is 15.0 Å². The van der Waals surface area contributed by atoms with E-state index >= 15 is 0 Å². The van der Waals surface area contributed by atoms with Crippen molar-refractivity contribution >= 4 is 23.3 Å². The fourth-order valence-corrected chi connectivity index (χ4v) is 8.79. The van der Waals surface area contributed by atoms with Gasteiger partial charge in [0.25, 0.3) is 5.91 Å². The largest absolute Gasteiger partial charge is 0.489 e. The van der Waals surface area contributed by atoms with Gasteiger partial charge in [-0.05, 0) is 81.3 Å². The van der Waals surface area contributed by atoms with Gasteiger partial charge >= 0.3 is 0 Å². The highest BCUT2D eigenvalue weighted by atomic mass is 35.5. The molecular weight excluding hydrogens is 576 g/mol. The molecule has 236 valence electrons. The van der Waals surface area contributed by atoms with Gasteiger partial charge in [0.15, 0.2) is 11.5 Å². The minimum Gasteiger partial charge on any atom is -0.489 e. The van der Waals surface area contributed by atoms with Gasteiger partial charge in [-0.15, -0.1) is 10.2 Å². The van der Waals surface area contributed by atoms with Crippen molar-refractivity contribution in [2.45, 2.75) is 84.5 Å². The zero-order valence-corrected chi connectivity index (χ0v) is 27.1. The van der Waals surface area contributed by atoms with Crippen LogP contribution in [0.1, 0.15) is 82.3 Å². The quantitative estimate of drug-likeness (QED) is 0.441. The zero-order chi connectivity index (χ0) is 31.3. The molecule has 2 saturated heterocycles. The van der Waals surface area contributed by atoms with Gasteiger partial charge in [0.1, 0.15) is 17.9 Å². The number of aromatic nitrogens is 2. The van der Waals surface area contributed by atoms with Crippen molar-refractivity contribution in [1.82, 2.24) is 20.4 Å². The summed E-state index contributed by atoms with van der Waals surface area (Å²) in [4.78, 5) is 18.1. The molecule has 2 saturated carbocycles. The number of nitrogens with one attached hydrogen (secondary N) is 1. The Morgan fingerprint density at radius 3 is 2.34 bits per heavy atom. The Labute approximate surface area is 265 Å². The molecule has 9 nitrogen and oxygen atoms in total. The van der Waals surface area contributed by atoms with E-state index in [0.29, 0.717) is 33.4 Å². The van der Waals surface area contributed by atoms with E-state index < -0.39 is 0 Å². The van der Waals surface area contributed by atoms with Gasteiger partial charge in [0.2, 0.25) is 0 Å². The smallest absolute Gasteiger partial charge is 0.272 e. The third-order valence-electron chi connectivity index (χ3n) is 11.0. The second-order valence-corrected chi connectivity index (χ2v) is 15.3. The van der Waals surface area contributed by atoms with Crippen LogP contribution in [-0.4, -0.2) is 77.1 Å². The Bertz CT molecular complexity index is 1380. The van der Waals surface area contributed by atoms with E-state index in [1.165, 1.54) is 38.8 Å². The summed E-state index contributed by atoms with van der Waals surface area (Å²) in [6.07, 6.45) is 6.59. The molecule has 10 heteroatoms. The molecule has 4 fully saturated rings. The lowest BCUT2D eigenvalue weighted by Gasteiger charge is -2.63. The highest BCUT2D eigenvalue weighted by Crippen LogP contribution is 2.55. The molecule has 1 amide bonds. The second-order valence-electron chi connectivity index (χ2n) is 14.9. The number of aliphatic hydroxyl groups excluding tert-OH is 1. The maximum absolute atomic E-state index is 13.2. The molecular formula is C34H45ClN6O3. The van der Waals surface area contributed by atoms with Crippen LogP contribution in [0.4, 0.5) is 5.82 Å². The molecule has 1 aromatic heterocycles. The Balaban J connectivity index is 0.974. The number of piperidine rings is 1. The number of ether oxygens (including phenoxy) is 1. The molecule has 0 unspecified atom stereocenters. The number of hydrogen-bond donors (Lipinski definition) is 2. The zero-order valence-electron chi connectivity index (χ0n) is 26.4. The third-order valence-corrected chi connectivity index (χ3v) is 11.4. The average molecular weight is 621 g/mol. The molecule has 1 aromatic carbocycles. The molecule has 0 atom stereocenters. The van der Waals surface area contributed by atoms with E-state index in [1.807, 2.05) is 6.07 Å². The minimum absolute atomic E-state index is 0.0798. The number of halogens is 1. The van der Waals surface area contributed by atoms with Crippen LogP contribution in [0.2, 0.25) is 5.02 Å². The second kappa shape index (κ2) is 11.8. The van der Waals surface area contributed by atoms with E-state index in [0.717, 1.165) is 38.3 Å². The lowest BCUT2D eigenvalue weighted by atomic mass is 9.49. The number of carbonyl (C=O) groups is 1. The van der Waals surface area contributed by atoms with E-state index in [-0.39, 0.29) is 35.0 Å². The molecule has 3 heterocycles. The first kappa shape index (κ1) is 31.1. The summed E-state index contributed by atoms with van der Waals surface area (Å²) in [5.41, 5.74) is 0.482. The molecule has 44 heavy (non-hydrogen) atoms. The number of amides is 1. The lowest BCUT2D eigenvalue weighted by Crippen LogP contribution is -2.74.